The lowest BCUT2D eigenvalue weighted by molar-refractivity contribution is 1.64. The Kier molecular flexibility index (Phi) is 8.38. The van der Waals surface area contributed by atoms with Crippen LogP contribution < -0.4 is 0 Å². The van der Waals surface area contributed by atoms with Crippen molar-refractivity contribution in [1.82, 2.24) is 0 Å². The summed E-state index contributed by atoms with van der Waals surface area (Å²) in [4.78, 5) is 0. The number of benzene rings is 1. The number of hydrogen-bond donors (Lipinski definition) is 0. The second-order valence-corrected chi connectivity index (χ2v) is 2.62. The van der Waals surface area contributed by atoms with Gasteiger partial charge >= 0.3 is 0 Å². The second kappa shape index (κ2) is 9.08. The van der Waals surface area contributed by atoms with Gasteiger partial charge in [-0.05, 0) is 24.9 Å². The summed E-state index contributed by atoms with van der Waals surface area (Å²) in [5, 5.41) is 0. The summed E-state index contributed by atoms with van der Waals surface area (Å²) in [5.41, 5.74) is 2.74. The van der Waals surface area contributed by atoms with Gasteiger partial charge in [-0.15, -0.1) is 0 Å². The van der Waals surface area contributed by atoms with E-state index in [4.69, 9.17) is 11.6 Å². The molecule has 0 aliphatic heterocycles. The number of halogens is 1. The predicted octanol–water partition coefficient (Wildman–Crippen LogP) is 4.48. The predicted molar refractivity (Wildman–Crippen MR) is 61.8 cm³/mol. The Balaban J connectivity index is 0.000000310. The maximum atomic E-state index is 5.01. The first kappa shape index (κ1) is 12.0. The van der Waals surface area contributed by atoms with Gasteiger partial charge in [-0.1, -0.05) is 60.2 Å². The molecule has 0 fully saturated rings. The molecule has 0 saturated carbocycles. The highest BCUT2D eigenvalue weighted by Gasteiger charge is 1.77. The minimum absolute atomic E-state index is 1.26. The van der Waals surface area contributed by atoms with Crippen LogP contribution in [0.25, 0.3) is 6.08 Å². The van der Waals surface area contributed by atoms with Gasteiger partial charge in [0.05, 0.1) is 0 Å². The maximum absolute atomic E-state index is 5.01. The Morgan fingerprint density at radius 3 is 1.92 bits per heavy atom. The molecule has 0 unspecified atom stereocenters. The van der Waals surface area contributed by atoms with Gasteiger partial charge < -0.3 is 0 Å². The van der Waals surface area contributed by atoms with Crippen LogP contribution in [0.2, 0.25) is 0 Å². The first-order valence-electron chi connectivity index (χ1n) is 4.24. The van der Waals surface area contributed by atoms with Crippen LogP contribution in [0.5, 0.6) is 0 Å². The monoisotopic (exact) mass is 194 g/mol. The van der Waals surface area contributed by atoms with E-state index in [0.29, 0.717) is 0 Å². The van der Waals surface area contributed by atoms with E-state index >= 15 is 0 Å². The van der Waals surface area contributed by atoms with Gasteiger partial charge in [-0.25, -0.2) is 0 Å². The molecule has 0 aliphatic rings. The van der Waals surface area contributed by atoms with Crippen LogP contribution in [0.15, 0.2) is 48.0 Å². The Bertz CT molecular complexity index is 243. The molecule has 13 heavy (non-hydrogen) atoms. The normalized spacial score (nSPS) is 10.1. The Labute approximate surface area is 85.6 Å². The van der Waals surface area contributed by atoms with Gasteiger partial charge in [0.1, 0.15) is 0 Å². The smallest absolute Gasteiger partial charge is 0.0000330 e. The molecule has 0 bridgehead atoms. The van der Waals surface area contributed by atoms with Crippen molar-refractivity contribution in [3.05, 3.63) is 53.6 Å². The Hall–Kier alpha value is -1.01. The van der Waals surface area contributed by atoms with Crippen LogP contribution in [0, 0.1) is 0 Å². The highest BCUT2D eigenvalue weighted by molar-refractivity contribution is 6.25. The minimum atomic E-state index is 1.26. The van der Waals surface area contributed by atoms with Gasteiger partial charge in [-0.3, -0.25) is 0 Å². The summed E-state index contributed by atoms with van der Waals surface area (Å²) in [7, 11) is 0. The van der Waals surface area contributed by atoms with Crippen molar-refractivity contribution in [2.45, 2.75) is 13.8 Å². The molecule has 1 aromatic carbocycles. The van der Waals surface area contributed by atoms with E-state index in [1.165, 1.54) is 11.1 Å². The molecule has 0 amide bonds. The number of allylic oxidation sites excluding steroid dienone is 2. The Morgan fingerprint density at radius 2 is 1.54 bits per heavy atom. The van der Waals surface area contributed by atoms with E-state index in [-0.39, 0.29) is 0 Å². The lowest BCUT2D eigenvalue weighted by Crippen LogP contribution is -1.65. The van der Waals surface area contributed by atoms with E-state index in [0.717, 1.165) is 0 Å². The van der Waals surface area contributed by atoms with Crippen LogP contribution in [0.4, 0.5) is 0 Å². The third kappa shape index (κ3) is 7.35. The van der Waals surface area contributed by atoms with Gasteiger partial charge in [0.25, 0.3) is 0 Å². The zero-order chi connectivity index (χ0) is 9.94. The lowest BCUT2D eigenvalue weighted by Gasteiger charge is -1.86. The molecular weight excluding hydrogens is 180 g/mol. The molecule has 0 N–H and O–H groups in total. The SMILES string of the molecule is CC=CCl.CC=Cc1ccccc1. The van der Waals surface area contributed by atoms with Gasteiger partial charge in [0.2, 0.25) is 0 Å². The summed E-state index contributed by atoms with van der Waals surface area (Å²) in [6.45, 7) is 3.89. The van der Waals surface area contributed by atoms with E-state index < -0.39 is 0 Å². The fraction of sp³-hybridized carbons (Fsp3) is 0.167. The first-order valence-corrected chi connectivity index (χ1v) is 4.68. The fourth-order valence-electron chi connectivity index (χ4n) is 0.757. The first-order chi connectivity index (χ1) is 6.35. The molecule has 1 aromatic rings. The summed E-state index contributed by atoms with van der Waals surface area (Å²) < 4.78 is 0. The third-order valence-electron chi connectivity index (χ3n) is 1.28. The highest BCUT2D eigenvalue weighted by Crippen LogP contribution is 1.99. The standard InChI is InChI=1S/C9H10.C3H5Cl/c1-2-6-9-7-4-3-5-8-9;1-2-3-4/h2-8H,1H3;2-3H,1H3. The van der Waals surface area contributed by atoms with E-state index in [9.17, 15) is 0 Å². The molecule has 0 aromatic heterocycles. The number of hydrogen-bond acceptors (Lipinski definition) is 0. The molecule has 0 aliphatic carbocycles. The molecule has 0 nitrogen and oxygen atoms in total. The molecule has 0 radical (unpaired) electrons. The summed E-state index contributed by atoms with van der Waals surface area (Å²) in [6.07, 6.45) is 5.89. The summed E-state index contributed by atoms with van der Waals surface area (Å²) >= 11 is 5.01. The molecule has 70 valence electrons. The van der Waals surface area contributed by atoms with Crippen LogP contribution in [-0.2, 0) is 0 Å². The van der Waals surface area contributed by atoms with Gasteiger partial charge in [0, 0.05) is 0 Å². The molecule has 0 spiro atoms. The Morgan fingerprint density at radius 1 is 1.00 bits per heavy atom. The van der Waals surface area contributed by atoms with Crippen LogP contribution >= 0.6 is 11.6 Å². The van der Waals surface area contributed by atoms with Crippen molar-refractivity contribution < 1.29 is 0 Å². The van der Waals surface area contributed by atoms with Crippen molar-refractivity contribution in [3.8, 4) is 0 Å². The van der Waals surface area contributed by atoms with Crippen molar-refractivity contribution in [2.24, 2.45) is 0 Å². The van der Waals surface area contributed by atoms with Crippen LogP contribution in [0.3, 0.4) is 0 Å². The summed E-state index contributed by atoms with van der Waals surface area (Å²) in [6, 6.07) is 10.3. The van der Waals surface area contributed by atoms with E-state index in [1.807, 2.05) is 38.1 Å². The van der Waals surface area contributed by atoms with E-state index in [1.54, 1.807) is 6.08 Å². The molecule has 0 saturated heterocycles. The zero-order valence-electron chi connectivity index (χ0n) is 8.07. The average molecular weight is 195 g/mol. The fourth-order valence-corrected chi connectivity index (χ4v) is 0.757. The molecule has 0 heterocycles. The molecule has 1 heteroatoms. The molecule has 0 atom stereocenters. The van der Waals surface area contributed by atoms with Crippen molar-refractivity contribution in [3.63, 3.8) is 0 Å². The van der Waals surface area contributed by atoms with Crippen molar-refractivity contribution >= 4 is 17.7 Å². The topological polar surface area (TPSA) is 0 Å². The molecule has 1 rings (SSSR count). The zero-order valence-corrected chi connectivity index (χ0v) is 8.83. The number of rotatable bonds is 1. The lowest BCUT2D eigenvalue weighted by atomic mass is 10.2. The molecular formula is C12H15Cl. The van der Waals surface area contributed by atoms with Crippen LogP contribution in [0.1, 0.15) is 19.4 Å². The van der Waals surface area contributed by atoms with Gasteiger partial charge in [-0.2, -0.15) is 0 Å². The van der Waals surface area contributed by atoms with Crippen molar-refractivity contribution in [1.29, 1.82) is 0 Å². The minimum Gasteiger partial charge on any atom is -0.0933 e. The largest absolute Gasteiger partial charge is 0.0933 e. The summed E-state index contributed by atoms with van der Waals surface area (Å²) in [5.74, 6) is 0. The second-order valence-electron chi connectivity index (χ2n) is 2.37. The third-order valence-corrected chi connectivity index (χ3v) is 1.54. The quantitative estimate of drug-likeness (QED) is 0.619. The maximum Gasteiger partial charge on any atom is -0.0000330 e. The van der Waals surface area contributed by atoms with Crippen molar-refractivity contribution in [2.75, 3.05) is 0 Å². The van der Waals surface area contributed by atoms with Crippen LogP contribution in [-0.4, -0.2) is 0 Å². The average Bonchev–Trinajstić information content (AvgIpc) is 2.20. The van der Waals surface area contributed by atoms with Gasteiger partial charge in [0.15, 0.2) is 0 Å². The van der Waals surface area contributed by atoms with E-state index in [2.05, 4.69) is 18.2 Å². The highest BCUT2D eigenvalue weighted by atomic mass is 35.5.